The van der Waals surface area contributed by atoms with E-state index in [-0.39, 0.29) is 5.28 Å². The summed E-state index contributed by atoms with van der Waals surface area (Å²) in [7, 11) is -1.25. The van der Waals surface area contributed by atoms with Gasteiger partial charge < -0.3 is 0 Å². The van der Waals surface area contributed by atoms with Crippen LogP contribution in [0.5, 0.6) is 0 Å². The zero-order chi connectivity index (χ0) is 11.5. The van der Waals surface area contributed by atoms with Gasteiger partial charge in [-0.3, -0.25) is 4.21 Å². The molecule has 1 atom stereocenters. The highest BCUT2D eigenvalue weighted by Gasteiger charge is 2.12. The second-order valence-electron chi connectivity index (χ2n) is 2.91. The van der Waals surface area contributed by atoms with Gasteiger partial charge in [-0.25, -0.2) is 0 Å². The molecule has 0 fully saturated rings. The van der Waals surface area contributed by atoms with E-state index >= 15 is 0 Å². The molecule has 0 unspecified atom stereocenters. The Balaban J connectivity index is 2.17. The highest BCUT2D eigenvalue weighted by molar-refractivity contribution is 7.86. The summed E-state index contributed by atoms with van der Waals surface area (Å²) in [6.45, 7) is 0. The van der Waals surface area contributed by atoms with Crippen LogP contribution in [0.3, 0.4) is 0 Å². The van der Waals surface area contributed by atoms with Crippen LogP contribution in [0.4, 0.5) is 0 Å². The fourth-order valence-corrected chi connectivity index (χ4v) is 3.46. The predicted molar refractivity (Wildman–Crippen MR) is 66.5 cm³/mol. The third-order valence-electron chi connectivity index (χ3n) is 1.82. The number of aromatic nitrogens is 2. The first-order valence-electron chi connectivity index (χ1n) is 4.28. The first-order valence-corrected chi connectivity index (χ1v) is 7.12. The molecule has 0 aliphatic rings. The van der Waals surface area contributed by atoms with Gasteiger partial charge >= 0.3 is 0 Å². The van der Waals surface area contributed by atoms with Crippen LogP contribution >= 0.6 is 34.7 Å². The molecule has 0 amide bonds. The van der Waals surface area contributed by atoms with Crippen molar-refractivity contribution in [3.8, 4) is 0 Å². The lowest BCUT2D eigenvalue weighted by Crippen LogP contribution is -1.96. The van der Waals surface area contributed by atoms with E-state index in [0.717, 1.165) is 17.1 Å². The fourth-order valence-electron chi connectivity index (χ4n) is 1.10. The maximum Gasteiger partial charge on any atom is 0.235 e. The maximum absolute atomic E-state index is 11.9. The molecule has 0 saturated heterocycles. The molecule has 0 bridgehead atoms. The molecule has 0 radical (unpaired) electrons. The Hall–Kier alpha value is -0.490. The van der Waals surface area contributed by atoms with Crippen molar-refractivity contribution in [2.75, 3.05) is 0 Å². The Morgan fingerprint density at radius 2 is 2.06 bits per heavy atom. The van der Waals surface area contributed by atoms with Gasteiger partial charge in [0.1, 0.15) is 0 Å². The highest BCUT2D eigenvalue weighted by atomic mass is 35.5. The van der Waals surface area contributed by atoms with Crippen molar-refractivity contribution in [1.82, 2.24) is 9.36 Å². The quantitative estimate of drug-likeness (QED) is 0.873. The van der Waals surface area contributed by atoms with Crippen LogP contribution < -0.4 is 0 Å². The van der Waals surface area contributed by atoms with Crippen molar-refractivity contribution in [1.29, 1.82) is 0 Å². The van der Waals surface area contributed by atoms with E-state index in [1.165, 1.54) is 0 Å². The molecule has 16 heavy (non-hydrogen) atoms. The van der Waals surface area contributed by atoms with Crippen molar-refractivity contribution in [3.63, 3.8) is 0 Å². The van der Waals surface area contributed by atoms with Crippen molar-refractivity contribution in [2.24, 2.45) is 0 Å². The van der Waals surface area contributed by atoms with E-state index in [4.69, 9.17) is 23.2 Å². The first kappa shape index (κ1) is 12.0. The molecule has 0 spiro atoms. The molecule has 2 aromatic rings. The fraction of sp³-hybridized carbons (Fsp3) is 0.111. The molecular weight excluding hydrogens is 287 g/mol. The summed E-state index contributed by atoms with van der Waals surface area (Å²) in [6, 6.07) is 7.28. The maximum atomic E-state index is 11.9. The molecule has 0 saturated carbocycles. The molecule has 7 heteroatoms. The molecule has 3 nitrogen and oxygen atoms in total. The van der Waals surface area contributed by atoms with E-state index in [2.05, 4.69) is 9.36 Å². The third-order valence-corrected chi connectivity index (χ3v) is 4.81. The molecule has 0 aliphatic heterocycles. The largest absolute Gasteiger partial charge is 0.251 e. The molecular formula is C9H6Cl2N2OS2. The van der Waals surface area contributed by atoms with Crippen LogP contribution in [0, 0.1) is 0 Å². The average molecular weight is 293 g/mol. The van der Waals surface area contributed by atoms with Crippen LogP contribution in [0.1, 0.15) is 5.56 Å². The Kier molecular flexibility index (Phi) is 3.91. The molecule has 84 valence electrons. The summed E-state index contributed by atoms with van der Waals surface area (Å²) >= 11 is 12.6. The van der Waals surface area contributed by atoms with E-state index in [9.17, 15) is 4.21 Å². The summed E-state index contributed by atoms with van der Waals surface area (Å²) in [5.41, 5.74) is 0.828. The number of rotatable bonds is 3. The number of hydrogen-bond donors (Lipinski definition) is 0. The van der Waals surface area contributed by atoms with Gasteiger partial charge in [0.05, 0.1) is 16.6 Å². The Morgan fingerprint density at radius 1 is 1.31 bits per heavy atom. The highest BCUT2D eigenvalue weighted by Crippen LogP contribution is 2.21. The lowest BCUT2D eigenvalue weighted by molar-refractivity contribution is 0.682. The van der Waals surface area contributed by atoms with Gasteiger partial charge in [0.25, 0.3) is 0 Å². The molecule has 1 heterocycles. The zero-order valence-corrected chi connectivity index (χ0v) is 11.0. The number of nitrogens with zero attached hydrogens (tertiary/aromatic N) is 2. The van der Waals surface area contributed by atoms with E-state index in [1.807, 2.05) is 18.2 Å². The molecule has 2 rings (SSSR count). The smallest absolute Gasteiger partial charge is 0.235 e. The Labute approximate surface area is 109 Å². The summed E-state index contributed by atoms with van der Waals surface area (Å²) < 4.78 is 16.1. The molecule has 1 aromatic heterocycles. The van der Waals surface area contributed by atoms with Gasteiger partial charge in [0, 0.05) is 5.02 Å². The topological polar surface area (TPSA) is 42.9 Å². The van der Waals surface area contributed by atoms with Crippen LogP contribution in [0.2, 0.25) is 10.3 Å². The van der Waals surface area contributed by atoms with Crippen molar-refractivity contribution in [3.05, 3.63) is 40.1 Å². The zero-order valence-electron chi connectivity index (χ0n) is 7.89. The number of halogens is 2. The molecule has 0 aliphatic carbocycles. The lowest BCUT2D eigenvalue weighted by atomic mass is 10.2. The minimum Gasteiger partial charge on any atom is -0.251 e. The van der Waals surface area contributed by atoms with Crippen molar-refractivity contribution < 1.29 is 4.21 Å². The average Bonchev–Trinajstić information content (AvgIpc) is 2.68. The second kappa shape index (κ2) is 5.23. The molecule has 1 aromatic carbocycles. The third kappa shape index (κ3) is 2.79. The lowest BCUT2D eigenvalue weighted by Gasteiger charge is -2.01. The predicted octanol–water partition coefficient (Wildman–Crippen LogP) is 3.15. The van der Waals surface area contributed by atoms with Gasteiger partial charge in [-0.15, -0.1) is 0 Å². The van der Waals surface area contributed by atoms with Crippen LogP contribution in [0.25, 0.3) is 0 Å². The monoisotopic (exact) mass is 292 g/mol. The van der Waals surface area contributed by atoms with Crippen molar-refractivity contribution in [2.45, 2.75) is 10.1 Å². The van der Waals surface area contributed by atoms with E-state index in [0.29, 0.717) is 15.1 Å². The first-order chi connectivity index (χ1) is 7.66. The molecule has 0 N–H and O–H groups in total. The SMILES string of the molecule is O=[S@@](Cc1ccccc1Cl)c1nc(Cl)ns1. The van der Waals surface area contributed by atoms with Gasteiger partial charge in [-0.05, 0) is 34.8 Å². The van der Waals surface area contributed by atoms with Crippen LogP contribution in [0.15, 0.2) is 28.6 Å². The van der Waals surface area contributed by atoms with Gasteiger partial charge in [-0.1, -0.05) is 29.8 Å². The Bertz CT molecular complexity index is 530. The normalized spacial score (nSPS) is 12.6. The van der Waals surface area contributed by atoms with E-state index in [1.54, 1.807) is 6.07 Å². The van der Waals surface area contributed by atoms with E-state index < -0.39 is 10.8 Å². The minimum absolute atomic E-state index is 0.132. The second-order valence-corrected chi connectivity index (χ2v) is 6.03. The summed E-state index contributed by atoms with van der Waals surface area (Å²) in [6.07, 6.45) is 0. The van der Waals surface area contributed by atoms with Gasteiger partial charge in [-0.2, -0.15) is 9.36 Å². The van der Waals surface area contributed by atoms with Crippen molar-refractivity contribution >= 4 is 45.5 Å². The summed E-state index contributed by atoms with van der Waals surface area (Å²) in [5.74, 6) is 0.325. The summed E-state index contributed by atoms with van der Waals surface area (Å²) in [4.78, 5) is 3.87. The van der Waals surface area contributed by atoms with Gasteiger partial charge in [0.2, 0.25) is 9.62 Å². The minimum atomic E-state index is -1.25. The number of hydrogen-bond acceptors (Lipinski definition) is 4. The Morgan fingerprint density at radius 3 is 2.69 bits per heavy atom. The van der Waals surface area contributed by atoms with Crippen LogP contribution in [-0.2, 0) is 16.6 Å². The summed E-state index contributed by atoms with van der Waals surface area (Å²) in [5, 5.41) is 0.735. The number of benzene rings is 1. The van der Waals surface area contributed by atoms with Gasteiger partial charge in [0.15, 0.2) is 0 Å². The van der Waals surface area contributed by atoms with Crippen LogP contribution in [-0.4, -0.2) is 13.6 Å². The standard InChI is InChI=1S/C9H6Cl2N2OS2/c10-7-4-2-1-3-6(7)5-16(14)9-12-8(11)13-15-9/h1-4H,5H2/t16-/m0/s1.